The number of terminal acetylenes is 1. The minimum absolute atomic E-state index is 0.0667. The average molecular weight is 126 g/mol. The molecule has 2 heteroatoms. The van der Waals surface area contributed by atoms with Crippen LogP contribution < -0.4 is 0 Å². The first-order valence-corrected chi connectivity index (χ1v) is 2.68. The van der Waals surface area contributed by atoms with Crippen molar-refractivity contribution in [1.29, 1.82) is 0 Å². The van der Waals surface area contributed by atoms with Crippen molar-refractivity contribution in [3.63, 3.8) is 0 Å². The van der Waals surface area contributed by atoms with Crippen LogP contribution in [0.25, 0.3) is 0 Å². The number of aldehydes is 1. The molecule has 0 aliphatic heterocycles. The molecule has 0 heterocycles. The summed E-state index contributed by atoms with van der Waals surface area (Å²) in [7, 11) is 0. The van der Waals surface area contributed by atoms with Crippen LogP contribution in [0.1, 0.15) is 13.8 Å². The number of carbonyl (C=O) groups excluding carboxylic acids is 1. The number of ether oxygens (including phenoxy) is 1. The molecule has 0 aliphatic carbocycles. The number of carbonyl (C=O) groups is 1. The molecule has 9 heavy (non-hydrogen) atoms. The minimum atomic E-state index is -0.610. The van der Waals surface area contributed by atoms with Crippen LogP contribution in [0.5, 0.6) is 0 Å². The van der Waals surface area contributed by atoms with E-state index in [-0.39, 0.29) is 6.61 Å². The molecule has 0 aromatic rings. The fourth-order valence-electron chi connectivity index (χ4n) is 0.284. The van der Waals surface area contributed by atoms with Crippen LogP contribution in [0.4, 0.5) is 0 Å². The zero-order valence-electron chi connectivity index (χ0n) is 5.68. The zero-order valence-corrected chi connectivity index (χ0v) is 5.68. The predicted molar refractivity (Wildman–Crippen MR) is 34.9 cm³/mol. The van der Waals surface area contributed by atoms with Crippen molar-refractivity contribution in [2.45, 2.75) is 19.4 Å². The predicted octanol–water partition coefficient (Wildman–Crippen LogP) is 0.614. The van der Waals surface area contributed by atoms with Gasteiger partial charge >= 0.3 is 0 Å². The fourth-order valence-corrected chi connectivity index (χ4v) is 0.284. The molecule has 0 fully saturated rings. The lowest BCUT2D eigenvalue weighted by Gasteiger charge is -2.15. The van der Waals surface area contributed by atoms with E-state index in [0.29, 0.717) is 6.29 Å². The molecule has 0 unspecified atom stereocenters. The van der Waals surface area contributed by atoms with Gasteiger partial charge in [-0.05, 0) is 13.8 Å². The third-order valence-electron chi connectivity index (χ3n) is 0.860. The maximum absolute atomic E-state index is 9.77. The van der Waals surface area contributed by atoms with Gasteiger partial charge in [0.25, 0.3) is 0 Å². The highest BCUT2D eigenvalue weighted by Gasteiger charge is 2.12. The van der Waals surface area contributed by atoms with Gasteiger partial charge in [0, 0.05) is 0 Å². The molecule has 0 aliphatic rings. The Morgan fingerprint density at radius 2 is 2.33 bits per heavy atom. The van der Waals surface area contributed by atoms with Crippen LogP contribution in [-0.4, -0.2) is 18.5 Å². The van der Waals surface area contributed by atoms with Crippen LogP contribution in [-0.2, 0) is 9.53 Å². The van der Waals surface area contributed by atoms with Crippen molar-refractivity contribution in [2.75, 3.05) is 6.61 Å². The van der Waals surface area contributed by atoms with Gasteiger partial charge in [-0.1, -0.05) is 5.92 Å². The molecule has 0 aromatic heterocycles. The molecule has 50 valence electrons. The van der Waals surface area contributed by atoms with Gasteiger partial charge < -0.3 is 9.53 Å². The van der Waals surface area contributed by atoms with Crippen molar-refractivity contribution >= 4 is 6.29 Å². The standard InChI is InChI=1S/C7H10O2/c1-4-7(2,3)9-6-5-8/h1,5H,6H2,2-3H3. The number of hydrogen-bond acceptors (Lipinski definition) is 2. The third-order valence-corrected chi connectivity index (χ3v) is 0.860. The first-order chi connectivity index (χ1) is 4.12. The van der Waals surface area contributed by atoms with E-state index < -0.39 is 5.60 Å². The highest BCUT2D eigenvalue weighted by molar-refractivity contribution is 5.50. The Kier molecular flexibility index (Phi) is 2.97. The lowest BCUT2D eigenvalue weighted by molar-refractivity contribution is -0.114. The SMILES string of the molecule is C#CC(C)(C)OCC=O. The molecule has 0 bridgehead atoms. The Hall–Kier alpha value is -0.810. The van der Waals surface area contributed by atoms with Gasteiger partial charge in [0.1, 0.15) is 18.5 Å². The van der Waals surface area contributed by atoms with Crippen LogP contribution in [0.2, 0.25) is 0 Å². The van der Waals surface area contributed by atoms with E-state index in [1.165, 1.54) is 0 Å². The molecule has 0 saturated carbocycles. The Balaban J connectivity index is 3.61. The highest BCUT2D eigenvalue weighted by atomic mass is 16.5. The topological polar surface area (TPSA) is 26.3 Å². The second-order valence-electron chi connectivity index (χ2n) is 2.13. The van der Waals surface area contributed by atoms with Gasteiger partial charge in [-0.3, -0.25) is 0 Å². The second-order valence-corrected chi connectivity index (χ2v) is 2.13. The summed E-state index contributed by atoms with van der Waals surface area (Å²) in [6, 6.07) is 0. The summed E-state index contributed by atoms with van der Waals surface area (Å²) in [5.74, 6) is 2.40. The molecule has 0 spiro atoms. The molecule has 0 aromatic carbocycles. The van der Waals surface area contributed by atoms with E-state index in [4.69, 9.17) is 11.2 Å². The molecule has 2 nitrogen and oxygen atoms in total. The Morgan fingerprint density at radius 3 is 2.67 bits per heavy atom. The summed E-state index contributed by atoms with van der Waals surface area (Å²) in [6.07, 6.45) is 5.74. The lowest BCUT2D eigenvalue weighted by atomic mass is 10.1. The van der Waals surface area contributed by atoms with Crippen molar-refractivity contribution in [3.8, 4) is 12.3 Å². The summed E-state index contributed by atoms with van der Waals surface area (Å²) in [5, 5.41) is 0. The summed E-state index contributed by atoms with van der Waals surface area (Å²) < 4.78 is 4.92. The van der Waals surface area contributed by atoms with Crippen molar-refractivity contribution < 1.29 is 9.53 Å². The van der Waals surface area contributed by atoms with Gasteiger partial charge in [-0.15, -0.1) is 6.42 Å². The smallest absolute Gasteiger partial charge is 0.145 e. The van der Waals surface area contributed by atoms with Crippen molar-refractivity contribution in [1.82, 2.24) is 0 Å². The number of hydrogen-bond donors (Lipinski definition) is 0. The summed E-state index contributed by atoms with van der Waals surface area (Å²) in [6.45, 7) is 3.53. The normalized spacial score (nSPS) is 10.3. The summed E-state index contributed by atoms with van der Waals surface area (Å²) in [4.78, 5) is 9.77. The van der Waals surface area contributed by atoms with E-state index in [0.717, 1.165) is 0 Å². The van der Waals surface area contributed by atoms with Gasteiger partial charge in [0.05, 0.1) is 0 Å². The Labute approximate surface area is 55.2 Å². The van der Waals surface area contributed by atoms with E-state index in [9.17, 15) is 4.79 Å². The molecule has 0 saturated heterocycles. The highest BCUT2D eigenvalue weighted by Crippen LogP contribution is 2.04. The summed E-state index contributed by atoms with van der Waals surface area (Å²) >= 11 is 0. The van der Waals surface area contributed by atoms with Crippen LogP contribution in [0.3, 0.4) is 0 Å². The van der Waals surface area contributed by atoms with Gasteiger partial charge in [0.2, 0.25) is 0 Å². The maximum atomic E-state index is 9.77. The van der Waals surface area contributed by atoms with E-state index in [1.807, 2.05) is 0 Å². The quantitative estimate of drug-likeness (QED) is 0.409. The van der Waals surface area contributed by atoms with E-state index >= 15 is 0 Å². The van der Waals surface area contributed by atoms with Crippen LogP contribution in [0.15, 0.2) is 0 Å². The van der Waals surface area contributed by atoms with Gasteiger partial charge in [-0.2, -0.15) is 0 Å². The van der Waals surface area contributed by atoms with E-state index in [2.05, 4.69) is 5.92 Å². The zero-order chi connectivity index (χ0) is 7.33. The van der Waals surface area contributed by atoms with Gasteiger partial charge in [-0.25, -0.2) is 0 Å². The lowest BCUT2D eigenvalue weighted by Crippen LogP contribution is -2.22. The molecule has 0 radical (unpaired) electrons. The average Bonchev–Trinajstić information content (AvgIpc) is 1.84. The molecular formula is C7H10O2. The first kappa shape index (κ1) is 8.19. The van der Waals surface area contributed by atoms with Crippen LogP contribution >= 0.6 is 0 Å². The Bertz CT molecular complexity index is 130. The summed E-state index contributed by atoms with van der Waals surface area (Å²) in [5.41, 5.74) is -0.610. The van der Waals surface area contributed by atoms with Crippen LogP contribution in [0, 0.1) is 12.3 Å². The molecule has 0 amide bonds. The minimum Gasteiger partial charge on any atom is -0.356 e. The second kappa shape index (κ2) is 3.26. The first-order valence-electron chi connectivity index (χ1n) is 2.68. The monoisotopic (exact) mass is 126 g/mol. The largest absolute Gasteiger partial charge is 0.356 e. The molecular weight excluding hydrogens is 116 g/mol. The van der Waals surface area contributed by atoms with Gasteiger partial charge in [0.15, 0.2) is 0 Å². The molecule has 0 atom stereocenters. The number of rotatable bonds is 3. The Morgan fingerprint density at radius 1 is 1.78 bits per heavy atom. The third kappa shape index (κ3) is 3.75. The maximum Gasteiger partial charge on any atom is 0.145 e. The fraction of sp³-hybridized carbons (Fsp3) is 0.571. The van der Waals surface area contributed by atoms with E-state index in [1.54, 1.807) is 13.8 Å². The van der Waals surface area contributed by atoms with Crippen molar-refractivity contribution in [3.05, 3.63) is 0 Å². The van der Waals surface area contributed by atoms with Crippen molar-refractivity contribution in [2.24, 2.45) is 0 Å². The molecule has 0 rings (SSSR count). The molecule has 0 N–H and O–H groups in total.